The Kier molecular flexibility index (Phi) is 6.40. The Labute approximate surface area is 177 Å². The molecule has 0 saturated heterocycles. The van der Waals surface area contributed by atoms with Gasteiger partial charge < -0.3 is 24.3 Å². The molecule has 1 N–H and O–H groups in total. The molecule has 0 spiro atoms. The number of ether oxygens (including phenoxy) is 4. The number of hydrogen-bond acceptors (Lipinski definition) is 5. The summed E-state index contributed by atoms with van der Waals surface area (Å²) in [6.07, 6.45) is 0. The van der Waals surface area contributed by atoms with Crippen molar-refractivity contribution in [3.05, 3.63) is 82.9 Å². The van der Waals surface area contributed by atoms with E-state index in [2.05, 4.69) is 36.5 Å². The fraction of sp³-hybridized carbons (Fsp3) is 0.280. The summed E-state index contributed by atoms with van der Waals surface area (Å²) >= 11 is 0. The van der Waals surface area contributed by atoms with Crippen molar-refractivity contribution >= 4 is 0 Å². The SMILES string of the molecule is CCOc1cc(CNCc2ccc3c(c2)OCO3)ccc1OCc1ccccc1C. The van der Waals surface area contributed by atoms with Crippen molar-refractivity contribution in [2.45, 2.75) is 33.5 Å². The molecule has 5 heteroatoms. The van der Waals surface area contributed by atoms with Gasteiger partial charge in [-0.05, 0) is 60.4 Å². The van der Waals surface area contributed by atoms with Crippen molar-refractivity contribution in [1.82, 2.24) is 5.32 Å². The minimum Gasteiger partial charge on any atom is -0.490 e. The summed E-state index contributed by atoms with van der Waals surface area (Å²) in [5.41, 5.74) is 4.69. The summed E-state index contributed by atoms with van der Waals surface area (Å²) in [6.45, 7) is 6.96. The first kappa shape index (κ1) is 20.1. The lowest BCUT2D eigenvalue weighted by Gasteiger charge is -2.15. The smallest absolute Gasteiger partial charge is 0.231 e. The third kappa shape index (κ3) is 4.86. The molecule has 0 aromatic heterocycles. The summed E-state index contributed by atoms with van der Waals surface area (Å²) in [5, 5.41) is 3.47. The van der Waals surface area contributed by atoms with Gasteiger partial charge >= 0.3 is 0 Å². The standard InChI is InChI=1S/C25H27NO4/c1-3-27-24-12-19(8-10-22(24)28-16-21-7-5-4-6-18(21)2)14-26-15-20-9-11-23-25(13-20)30-17-29-23/h4-13,26H,3,14-17H2,1-2H3. The zero-order chi connectivity index (χ0) is 20.8. The highest BCUT2D eigenvalue weighted by atomic mass is 16.7. The first-order chi connectivity index (χ1) is 14.7. The second kappa shape index (κ2) is 9.55. The van der Waals surface area contributed by atoms with E-state index in [4.69, 9.17) is 18.9 Å². The van der Waals surface area contributed by atoms with Crippen molar-refractivity contribution in [1.29, 1.82) is 0 Å². The molecule has 0 amide bonds. The highest BCUT2D eigenvalue weighted by molar-refractivity contribution is 5.45. The molecule has 3 aromatic rings. The van der Waals surface area contributed by atoms with Gasteiger partial charge in [0.15, 0.2) is 23.0 Å². The molecule has 3 aromatic carbocycles. The predicted octanol–water partition coefficient (Wildman–Crippen LogP) is 4.99. The Bertz CT molecular complexity index is 1000. The molecule has 1 aliphatic heterocycles. The molecule has 0 bridgehead atoms. The highest BCUT2D eigenvalue weighted by Crippen LogP contribution is 2.32. The van der Waals surface area contributed by atoms with Crippen LogP contribution in [0.4, 0.5) is 0 Å². The number of benzene rings is 3. The predicted molar refractivity (Wildman–Crippen MR) is 116 cm³/mol. The Morgan fingerprint density at radius 1 is 0.833 bits per heavy atom. The van der Waals surface area contributed by atoms with Crippen LogP contribution in [-0.4, -0.2) is 13.4 Å². The van der Waals surface area contributed by atoms with Crippen LogP contribution in [0.1, 0.15) is 29.2 Å². The Morgan fingerprint density at radius 3 is 2.43 bits per heavy atom. The Morgan fingerprint density at radius 2 is 1.60 bits per heavy atom. The van der Waals surface area contributed by atoms with E-state index >= 15 is 0 Å². The molecule has 0 saturated carbocycles. The highest BCUT2D eigenvalue weighted by Gasteiger charge is 2.13. The molecule has 0 unspecified atom stereocenters. The van der Waals surface area contributed by atoms with Gasteiger partial charge in [0, 0.05) is 13.1 Å². The minimum absolute atomic E-state index is 0.296. The van der Waals surface area contributed by atoms with Crippen LogP contribution in [0.25, 0.3) is 0 Å². The maximum atomic E-state index is 6.06. The number of hydrogen-bond donors (Lipinski definition) is 1. The number of rotatable bonds is 9. The van der Waals surface area contributed by atoms with Gasteiger partial charge in [0.1, 0.15) is 6.61 Å². The van der Waals surface area contributed by atoms with Gasteiger partial charge in [-0.1, -0.05) is 36.4 Å². The topological polar surface area (TPSA) is 49.0 Å². The molecule has 1 aliphatic rings. The van der Waals surface area contributed by atoms with Crippen LogP contribution in [0.3, 0.4) is 0 Å². The summed E-state index contributed by atoms with van der Waals surface area (Å²) in [4.78, 5) is 0. The summed E-state index contributed by atoms with van der Waals surface area (Å²) in [5.74, 6) is 3.15. The normalized spacial score (nSPS) is 12.1. The van der Waals surface area contributed by atoms with Crippen molar-refractivity contribution in [2.75, 3.05) is 13.4 Å². The van der Waals surface area contributed by atoms with Crippen LogP contribution in [0.2, 0.25) is 0 Å². The quantitative estimate of drug-likeness (QED) is 0.543. The number of aryl methyl sites for hydroxylation is 1. The van der Waals surface area contributed by atoms with Crippen LogP contribution in [0.5, 0.6) is 23.0 Å². The van der Waals surface area contributed by atoms with E-state index in [0.29, 0.717) is 20.0 Å². The first-order valence-corrected chi connectivity index (χ1v) is 10.2. The van der Waals surface area contributed by atoms with E-state index in [1.165, 1.54) is 11.1 Å². The fourth-order valence-electron chi connectivity index (χ4n) is 3.38. The zero-order valence-corrected chi connectivity index (χ0v) is 17.4. The first-order valence-electron chi connectivity index (χ1n) is 10.2. The van der Waals surface area contributed by atoms with E-state index in [-0.39, 0.29) is 0 Å². The molecular formula is C25H27NO4. The van der Waals surface area contributed by atoms with Crippen molar-refractivity contribution in [3.63, 3.8) is 0 Å². The van der Waals surface area contributed by atoms with Crippen LogP contribution in [0.15, 0.2) is 60.7 Å². The molecule has 156 valence electrons. The van der Waals surface area contributed by atoms with Crippen LogP contribution >= 0.6 is 0 Å². The lowest BCUT2D eigenvalue weighted by Crippen LogP contribution is -2.13. The number of fused-ring (bicyclic) bond motifs is 1. The molecule has 0 atom stereocenters. The summed E-state index contributed by atoms with van der Waals surface area (Å²) < 4.78 is 22.7. The van der Waals surface area contributed by atoms with E-state index < -0.39 is 0 Å². The average molecular weight is 405 g/mol. The molecule has 1 heterocycles. The van der Waals surface area contributed by atoms with Gasteiger partial charge in [0.2, 0.25) is 6.79 Å². The Hall–Kier alpha value is -3.18. The van der Waals surface area contributed by atoms with Gasteiger partial charge in [-0.25, -0.2) is 0 Å². The van der Waals surface area contributed by atoms with Crippen LogP contribution < -0.4 is 24.3 Å². The van der Waals surface area contributed by atoms with Crippen molar-refractivity contribution in [2.24, 2.45) is 0 Å². The molecule has 4 rings (SSSR count). The Balaban J connectivity index is 1.36. The van der Waals surface area contributed by atoms with Crippen molar-refractivity contribution < 1.29 is 18.9 Å². The maximum Gasteiger partial charge on any atom is 0.231 e. The fourth-order valence-corrected chi connectivity index (χ4v) is 3.38. The third-order valence-corrected chi connectivity index (χ3v) is 5.05. The lowest BCUT2D eigenvalue weighted by atomic mass is 10.1. The maximum absolute atomic E-state index is 6.06. The minimum atomic E-state index is 0.296. The van der Waals surface area contributed by atoms with E-state index in [0.717, 1.165) is 47.2 Å². The number of nitrogens with one attached hydrogen (secondary N) is 1. The monoisotopic (exact) mass is 405 g/mol. The largest absolute Gasteiger partial charge is 0.490 e. The molecule has 0 aliphatic carbocycles. The second-order valence-electron chi connectivity index (χ2n) is 7.22. The van der Waals surface area contributed by atoms with E-state index in [1.54, 1.807) is 0 Å². The van der Waals surface area contributed by atoms with E-state index in [1.807, 2.05) is 43.3 Å². The molecule has 5 nitrogen and oxygen atoms in total. The molecule has 0 fully saturated rings. The van der Waals surface area contributed by atoms with Crippen LogP contribution in [-0.2, 0) is 19.7 Å². The third-order valence-electron chi connectivity index (χ3n) is 5.05. The average Bonchev–Trinajstić information content (AvgIpc) is 3.22. The summed E-state index contributed by atoms with van der Waals surface area (Å²) in [7, 11) is 0. The van der Waals surface area contributed by atoms with Crippen LogP contribution in [0, 0.1) is 6.92 Å². The van der Waals surface area contributed by atoms with E-state index in [9.17, 15) is 0 Å². The lowest BCUT2D eigenvalue weighted by molar-refractivity contribution is 0.174. The van der Waals surface area contributed by atoms with Gasteiger partial charge in [-0.3, -0.25) is 0 Å². The van der Waals surface area contributed by atoms with Gasteiger partial charge in [0.05, 0.1) is 6.61 Å². The molecular weight excluding hydrogens is 378 g/mol. The van der Waals surface area contributed by atoms with Gasteiger partial charge in [-0.15, -0.1) is 0 Å². The molecule has 30 heavy (non-hydrogen) atoms. The van der Waals surface area contributed by atoms with Gasteiger partial charge in [0.25, 0.3) is 0 Å². The van der Waals surface area contributed by atoms with Gasteiger partial charge in [-0.2, -0.15) is 0 Å². The molecule has 0 radical (unpaired) electrons. The zero-order valence-electron chi connectivity index (χ0n) is 17.4. The second-order valence-corrected chi connectivity index (χ2v) is 7.22. The van der Waals surface area contributed by atoms with Crippen molar-refractivity contribution in [3.8, 4) is 23.0 Å². The summed E-state index contributed by atoms with van der Waals surface area (Å²) in [6, 6.07) is 20.4.